The van der Waals surface area contributed by atoms with Gasteiger partial charge in [0.15, 0.2) is 5.82 Å². The number of nitrogens with two attached hydrogens (primary N) is 1. The predicted octanol–water partition coefficient (Wildman–Crippen LogP) is 6.23. The zero-order chi connectivity index (χ0) is 28.4. The van der Waals surface area contributed by atoms with Gasteiger partial charge in [0.25, 0.3) is 5.91 Å². The lowest BCUT2D eigenvalue weighted by Gasteiger charge is -2.23. The number of aromatic nitrogens is 3. The number of amides is 1. The Morgan fingerprint density at radius 1 is 1.15 bits per heavy atom. The lowest BCUT2D eigenvalue weighted by atomic mass is 9.98. The molecule has 2 aromatic heterocycles. The quantitative estimate of drug-likeness (QED) is 0.281. The molecule has 0 unspecified atom stereocenters. The molecule has 1 amide bonds. The molecular formula is C34H41N5O2. The van der Waals surface area contributed by atoms with E-state index in [1.807, 2.05) is 24.1 Å². The number of ether oxygens (including phenoxy) is 1. The van der Waals surface area contributed by atoms with E-state index in [9.17, 15) is 4.79 Å². The molecule has 3 fully saturated rings. The maximum Gasteiger partial charge on any atom is 0.254 e. The highest BCUT2D eigenvalue weighted by atomic mass is 16.5. The summed E-state index contributed by atoms with van der Waals surface area (Å²) in [6, 6.07) is 12.9. The number of carbonyl (C=O) groups is 1. The summed E-state index contributed by atoms with van der Waals surface area (Å²) >= 11 is 0. The Morgan fingerprint density at radius 3 is 2.63 bits per heavy atom. The van der Waals surface area contributed by atoms with Gasteiger partial charge in [-0.3, -0.25) is 4.79 Å². The Hall–Kier alpha value is -3.58. The molecule has 0 spiro atoms. The summed E-state index contributed by atoms with van der Waals surface area (Å²) < 4.78 is 10.4. The predicted molar refractivity (Wildman–Crippen MR) is 165 cm³/mol. The molecule has 7 nitrogen and oxygen atoms in total. The highest BCUT2D eigenvalue weighted by Crippen LogP contribution is 2.39. The second-order valence-electron chi connectivity index (χ2n) is 12.6. The van der Waals surface area contributed by atoms with Crippen molar-refractivity contribution < 1.29 is 9.53 Å². The number of aryl methyl sites for hydroxylation is 1. The van der Waals surface area contributed by atoms with Gasteiger partial charge >= 0.3 is 0 Å². The second kappa shape index (κ2) is 10.1. The number of fused-ring (bicyclic) bond motifs is 2. The van der Waals surface area contributed by atoms with Crippen LogP contribution in [0.1, 0.15) is 61.9 Å². The second-order valence-corrected chi connectivity index (χ2v) is 12.6. The van der Waals surface area contributed by atoms with E-state index in [1.165, 1.54) is 42.1 Å². The molecule has 2 saturated carbocycles. The molecule has 3 aliphatic rings. The molecule has 3 heterocycles. The van der Waals surface area contributed by atoms with E-state index in [0.29, 0.717) is 29.7 Å². The van der Waals surface area contributed by atoms with Crippen LogP contribution in [0.3, 0.4) is 0 Å². The van der Waals surface area contributed by atoms with Crippen LogP contribution in [0.25, 0.3) is 39.5 Å². The minimum atomic E-state index is -0.00840. The summed E-state index contributed by atoms with van der Waals surface area (Å²) in [6.45, 7) is 5.87. The van der Waals surface area contributed by atoms with E-state index in [0.717, 1.165) is 41.4 Å². The van der Waals surface area contributed by atoms with Crippen LogP contribution in [-0.4, -0.2) is 50.7 Å². The number of hydrogen-bond donors (Lipinski definition) is 1. The lowest BCUT2D eigenvalue weighted by molar-refractivity contribution is 0.0739. The minimum absolute atomic E-state index is 0.00410. The van der Waals surface area contributed by atoms with E-state index in [-0.39, 0.29) is 18.0 Å². The molecule has 1 saturated heterocycles. The fourth-order valence-electron chi connectivity index (χ4n) is 6.67. The van der Waals surface area contributed by atoms with Crippen LogP contribution >= 0.6 is 0 Å². The number of benzene rings is 2. The number of rotatable bonds is 8. The van der Waals surface area contributed by atoms with Crippen molar-refractivity contribution in [1.29, 1.82) is 0 Å². The number of carbonyl (C=O) groups excluding carboxylic acids is 1. The van der Waals surface area contributed by atoms with Gasteiger partial charge in [0.1, 0.15) is 11.3 Å². The molecule has 7 heteroatoms. The van der Waals surface area contributed by atoms with E-state index in [1.54, 1.807) is 7.11 Å². The van der Waals surface area contributed by atoms with Crippen molar-refractivity contribution in [2.75, 3.05) is 13.7 Å². The van der Waals surface area contributed by atoms with Gasteiger partial charge in [-0.25, -0.2) is 4.98 Å². The number of methoxy groups -OCH3 is 1. The maximum absolute atomic E-state index is 13.7. The Morgan fingerprint density at radius 2 is 1.95 bits per heavy atom. The van der Waals surface area contributed by atoms with Crippen molar-refractivity contribution in [3.05, 3.63) is 53.6 Å². The molecule has 2 aromatic carbocycles. The highest BCUT2D eigenvalue weighted by Gasteiger charge is 2.39. The van der Waals surface area contributed by atoms with Crippen molar-refractivity contribution in [1.82, 2.24) is 19.0 Å². The fraction of sp³-hybridized carbons (Fsp3) is 0.471. The van der Waals surface area contributed by atoms with Gasteiger partial charge in [-0.1, -0.05) is 31.6 Å². The van der Waals surface area contributed by atoms with Gasteiger partial charge in [-0.15, -0.1) is 0 Å². The number of nitrogens with zero attached hydrogens (tertiary/aromatic N) is 4. The van der Waals surface area contributed by atoms with Crippen LogP contribution in [0, 0.1) is 17.8 Å². The summed E-state index contributed by atoms with van der Waals surface area (Å²) in [5.74, 6) is 3.33. The first-order valence-corrected chi connectivity index (χ1v) is 15.3. The Balaban J connectivity index is 1.31. The zero-order valence-corrected chi connectivity index (χ0v) is 24.6. The molecule has 214 valence electrons. The number of imidazole rings is 1. The van der Waals surface area contributed by atoms with Crippen LogP contribution in [0.4, 0.5) is 0 Å². The van der Waals surface area contributed by atoms with Crippen LogP contribution in [-0.2, 0) is 13.6 Å². The maximum atomic E-state index is 13.7. The van der Waals surface area contributed by atoms with Crippen molar-refractivity contribution in [3.63, 3.8) is 0 Å². The zero-order valence-electron chi connectivity index (χ0n) is 24.6. The number of hydrogen-bond acceptors (Lipinski definition) is 4. The first kappa shape index (κ1) is 26.3. The Bertz CT molecular complexity index is 1670. The van der Waals surface area contributed by atoms with Crippen LogP contribution in [0.15, 0.2) is 42.5 Å². The van der Waals surface area contributed by atoms with E-state index >= 15 is 0 Å². The van der Waals surface area contributed by atoms with Crippen LogP contribution in [0.5, 0.6) is 5.75 Å². The third-order valence-corrected chi connectivity index (χ3v) is 9.69. The molecule has 2 N–H and O–H groups in total. The molecule has 1 aliphatic heterocycles. The molecule has 3 atom stereocenters. The largest absolute Gasteiger partial charge is 0.494 e. The highest BCUT2D eigenvalue weighted by molar-refractivity contribution is 6.00. The molecular weight excluding hydrogens is 510 g/mol. The van der Waals surface area contributed by atoms with Crippen molar-refractivity contribution in [2.24, 2.45) is 30.5 Å². The van der Waals surface area contributed by atoms with Crippen LogP contribution in [0.2, 0.25) is 0 Å². The molecule has 7 rings (SSSR count). The SMILES string of the molecule is CC[C@@H]1CN(C(=O)c2cc(OC)c3c(c2)nc(-c2cc4cc(/C=C/C5CC5)ccc4n2CC2CC2)n3C)[C@H](C)[C@H]1N. The van der Waals surface area contributed by atoms with Gasteiger partial charge in [-0.2, -0.15) is 0 Å². The van der Waals surface area contributed by atoms with Gasteiger partial charge in [0, 0.05) is 48.7 Å². The molecule has 4 aromatic rings. The van der Waals surface area contributed by atoms with Gasteiger partial charge < -0.3 is 24.5 Å². The topological polar surface area (TPSA) is 78.3 Å². The van der Waals surface area contributed by atoms with Crippen molar-refractivity contribution in [3.8, 4) is 17.3 Å². The van der Waals surface area contributed by atoms with Gasteiger partial charge in [0.2, 0.25) is 0 Å². The van der Waals surface area contributed by atoms with Crippen molar-refractivity contribution >= 4 is 33.9 Å². The summed E-state index contributed by atoms with van der Waals surface area (Å²) in [5.41, 5.74) is 12.3. The first-order chi connectivity index (χ1) is 19.9. The summed E-state index contributed by atoms with van der Waals surface area (Å²) in [7, 11) is 3.71. The van der Waals surface area contributed by atoms with E-state index in [4.69, 9.17) is 15.5 Å². The van der Waals surface area contributed by atoms with Crippen LogP contribution < -0.4 is 10.5 Å². The molecule has 0 radical (unpaired) electrons. The minimum Gasteiger partial charge on any atom is -0.494 e. The number of allylic oxidation sites excluding steroid dienone is 1. The summed E-state index contributed by atoms with van der Waals surface area (Å²) in [4.78, 5) is 20.8. The third-order valence-electron chi connectivity index (χ3n) is 9.69. The smallest absolute Gasteiger partial charge is 0.254 e. The molecule has 41 heavy (non-hydrogen) atoms. The normalized spacial score (nSPS) is 23.0. The average Bonchev–Trinajstić information content (AvgIpc) is 3.90. The number of likely N-dealkylation sites (tertiary alicyclic amines) is 1. The molecule has 2 aliphatic carbocycles. The molecule has 0 bridgehead atoms. The first-order valence-electron chi connectivity index (χ1n) is 15.3. The third kappa shape index (κ3) is 4.64. The lowest BCUT2D eigenvalue weighted by Crippen LogP contribution is -2.41. The van der Waals surface area contributed by atoms with E-state index in [2.05, 4.69) is 59.4 Å². The van der Waals surface area contributed by atoms with Crippen molar-refractivity contribution in [2.45, 2.75) is 64.6 Å². The van der Waals surface area contributed by atoms with E-state index < -0.39 is 0 Å². The Kier molecular flexibility index (Phi) is 6.45. The van der Waals surface area contributed by atoms with Gasteiger partial charge in [0.05, 0.1) is 18.3 Å². The summed E-state index contributed by atoms with van der Waals surface area (Å²) in [5, 5.41) is 1.23. The standard InChI is InChI=1S/C34H41N5O2/c1-5-24-19-38(20(2)31(24)35)34(40)26-15-27-32(30(17-26)41-4)37(3)33(36-27)29-16-25-14-22(9-8-21-6-7-21)12-13-28(25)39(29)18-23-10-11-23/h8-9,12-17,20-21,23-24,31H,5-7,10-11,18-19,35H2,1-4H3/b9-8+/t20-,24-,31-/m1/s1. The average molecular weight is 552 g/mol. The Labute approximate surface area is 242 Å². The summed E-state index contributed by atoms with van der Waals surface area (Å²) in [6.07, 6.45) is 10.8. The fourth-order valence-corrected chi connectivity index (χ4v) is 6.67. The monoisotopic (exact) mass is 551 g/mol. The van der Waals surface area contributed by atoms with Gasteiger partial charge in [-0.05, 0) is 86.3 Å².